The summed E-state index contributed by atoms with van der Waals surface area (Å²) in [6.45, 7) is 3.61. The summed E-state index contributed by atoms with van der Waals surface area (Å²) in [5.74, 6) is -0.543. The molecule has 1 aromatic heterocycles. The Kier molecular flexibility index (Phi) is 5.34. The summed E-state index contributed by atoms with van der Waals surface area (Å²) >= 11 is 0. The molecule has 0 bridgehead atoms. The van der Waals surface area contributed by atoms with Gasteiger partial charge >= 0.3 is 18.0 Å². The van der Waals surface area contributed by atoms with Crippen LogP contribution in [0.15, 0.2) is 52.9 Å². The van der Waals surface area contributed by atoms with E-state index in [1.54, 1.807) is 38.1 Å². The molecule has 9 heteroatoms. The smallest absolute Gasteiger partial charge is 0.412 e. The summed E-state index contributed by atoms with van der Waals surface area (Å²) in [7, 11) is 0. The maximum absolute atomic E-state index is 12.7. The highest BCUT2D eigenvalue weighted by Crippen LogP contribution is 2.32. The SMILES string of the molecule is CC(C)NC(=O)c1nnc(-c2ccccc2Nc2ccc(C(F)(F)F)cc2)o1. The third-order valence-corrected chi connectivity index (χ3v) is 3.69. The van der Waals surface area contributed by atoms with Gasteiger partial charge in [-0.05, 0) is 50.2 Å². The van der Waals surface area contributed by atoms with E-state index in [1.165, 1.54) is 12.1 Å². The van der Waals surface area contributed by atoms with Crippen molar-refractivity contribution in [1.82, 2.24) is 15.5 Å². The summed E-state index contributed by atoms with van der Waals surface area (Å²) in [4.78, 5) is 12.0. The molecule has 1 amide bonds. The summed E-state index contributed by atoms with van der Waals surface area (Å²) in [6, 6.07) is 11.5. The van der Waals surface area contributed by atoms with Gasteiger partial charge in [0.1, 0.15) is 0 Å². The van der Waals surface area contributed by atoms with E-state index < -0.39 is 17.6 Å². The van der Waals surface area contributed by atoms with Crippen LogP contribution in [0.5, 0.6) is 0 Å². The van der Waals surface area contributed by atoms with Crippen LogP contribution in [0.1, 0.15) is 30.1 Å². The van der Waals surface area contributed by atoms with E-state index in [0.29, 0.717) is 16.9 Å². The minimum atomic E-state index is -4.40. The van der Waals surface area contributed by atoms with Gasteiger partial charge in [-0.1, -0.05) is 12.1 Å². The van der Waals surface area contributed by atoms with Crippen molar-refractivity contribution in [1.29, 1.82) is 0 Å². The van der Waals surface area contributed by atoms with Gasteiger partial charge < -0.3 is 15.1 Å². The van der Waals surface area contributed by atoms with Crippen LogP contribution in [0.2, 0.25) is 0 Å². The predicted molar refractivity (Wildman–Crippen MR) is 97.1 cm³/mol. The number of hydrogen-bond acceptors (Lipinski definition) is 5. The van der Waals surface area contributed by atoms with Crippen LogP contribution in [-0.2, 0) is 6.18 Å². The number of para-hydroxylation sites is 1. The van der Waals surface area contributed by atoms with Crippen molar-refractivity contribution < 1.29 is 22.4 Å². The number of aromatic nitrogens is 2. The molecule has 28 heavy (non-hydrogen) atoms. The highest BCUT2D eigenvalue weighted by molar-refractivity contribution is 5.90. The molecule has 0 spiro atoms. The van der Waals surface area contributed by atoms with Crippen molar-refractivity contribution in [2.75, 3.05) is 5.32 Å². The lowest BCUT2D eigenvalue weighted by Gasteiger charge is -2.11. The van der Waals surface area contributed by atoms with Crippen LogP contribution in [0.25, 0.3) is 11.5 Å². The van der Waals surface area contributed by atoms with Crippen molar-refractivity contribution >= 4 is 17.3 Å². The molecule has 1 heterocycles. The van der Waals surface area contributed by atoms with Crippen LogP contribution in [0, 0.1) is 0 Å². The number of anilines is 2. The number of nitrogens with one attached hydrogen (secondary N) is 2. The summed E-state index contributed by atoms with van der Waals surface area (Å²) in [6.07, 6.45) is -4.40. The average molecular weight is 390 g/mol. The Morgan fingerprint density at radius 3 is 2.36 bits per heavy atom. The maximum Gasteiger partial charge on any atom is 0.416 e. The molecule has 6 nitrogen and oxygen atoms in total. The Labute approximate surface area is 158 Å². The molecule has 3 aromatic rings. The quantitative estimate of drug-likeness (QED) is 0.664. The normalized spacial score (nSPS) is 11.5. The van der Waals surface area contributed by atoms with Crippen molar-refractivity contribution in [3.8, 4) is 11.5 Å². The van der Waals surface area contributed by atoms with E-state index in [2.05, 4.69) is 20.8 Å². The molecule has 0 atom stereocenters. The van der Waals surface area contributed by atoms with Crippen LogP contribution in [0.4, 0.5) is 24.5 Å². The molecule has 146 valence electrons. The fourth-order valence-electron chi connectivity index (χ4n) is 2.42. The van der Waals surface area contributed by atoms with Gasteiger partial charge in [0, 0.05) is 11.7 Å². The highest BCUT2D eigenvalue weighted by atomic mass is 19.4. The van der Waals surface area contributed by atoms with E-state index in [4.69, 9.17) is 4.42 Å². The average Bonchev–Trinajstić information content (AvgIpc) is 3.11. The molecule has 2 aromatic carbocycles. The Balaban J connectivity index is 1.84. The number of amides is 1. The Bertz CT molecular complexity index is 966. The lowest BCUT2D eigenvalue weighted by atomic mass is 10.1. The summed E-state index contributed by atoms with van der Waals surface area (Å²) in [5.41, 5.74) is 0.780. The third-order valence-electron chi connectivity index (χ3n) is 3.69. The van der Waals surface area contributed by atoms with Crippen molar-refractivity contribution in [2.24, 2.45) is 0 Å². The van der Waals surface area contributed by atoms with Crippen LogP contribution in [0.3, 0.4) is 0 Å². The Morgan fingerprint density at radius 2 is 1.71 bits per heavy atom. The van der Waals surface area contributed by atoms with E-state index in [0.717, 1.165) is 12.1 Å². The van der Waals surface area contributed by atoms with E-state index in [-0.39, 0.29) is 17.8 Å². The molecule has 0 unspecified atom stereocenters. The zero-order valence-electron chi connectivity index (χ0n) is 15.0. The molecule has 0 radical (unpaired) electrons. The number of hydrogen-bond donors (Lipinski definition) is 2. The number of benzene rings is 2. The van der Waals surface area contributed by atoms with Crippen molar-refractivity contribution in [3.05, 3.63) is 60.0 Å². The van der Waals surface area contributed by atoms with Gasteiger partial charge in [-0.15, -0.1) is 10.2 Å². The van der Waals surface area contributed by atoms with E-state index >= 15 is 0 Å². The third kappa shape index (κ3) is 4.48. The standard InChI is InChI=1S/C19H17F3N4O2/c1-11(2)23-16(27)18-26-25-17(28-18)14-5-3-4-6-15(14)24-13-9-7-12(8-10-13)19(20,21)22/h3-11,24H,1-2H3,(H,23,27). The Hall–Kier alpha value is -3.36. The van der Waals surface area contributed by atoms with Crippen LogP contribution < -0.4 is 10.6 Å². The summed E-state index contributed by atoms with van der Waals surface area (Å²) in [5, 5.41) is 13.3. The second-order valence-electron chi connectivity index (χ2n) is 6.29. The van der Waals surface area contributed by atoms with Gasteiger partial charge in [0.25, 0.3) is 0 Å². The molecule has 0 aliphatic heterocycles. The first-order chi connectivity index (χ1) is 13.2. The molecule has 0 aliphatic rings. The van der Waals surface area contributed by atoms with Crippen molar-refractivity contribution in [2.45, 2.75) is 26.1 Å². The fraction of sp³-hybridized carbons (Fsp3) is 0.211. The van der Waals surface area contributed by atoms with Gasteiger partial charge in [0.15, 0.2) is 0 Å². The molecule has 2 N–H and O–H groups in total. The van der Waals surface area contributed by atoms with Gasteiger partial charge in [-0.3, -0.25) is 4.79 Å². The molecule has 0 aliphatic carbocycles. The molecule has 3 rings (SSSR count). The molecular formula is C19H17F3N4O2. The molecule has 0 saturated carbocycles. The maximum atomic E-state index is 12.7. The largest absolute Gasteiger partial charge is 0.416 e. The lowest BCUT2D eigenvalue weighted by molar-refractivity contribution is -0.137. The molecular weight excluding hydrogens is 373 g/mol. The number of halogens is 3. The van der Waals surface area contributed by atoms with Gasteiger partial charge in [-0.2, -0.15) is 13.2 Å². The van der Waals surface area contributed by atoms with Gasteiger partial charge in [-0.25, -0.2) is 0 Å². The zero-order chi connectivity index (χ0) is 20.3. The number of nitrogens with zero attached hydrogens (tertiary/aromatic N) is 2. The minimum Gasteiger partial charge on any atom is -0.412 e. The number of carbonyl (C=O) groups is 1. The first-order valence-corrected chi connectivity index (χ1v) is 8.42. The van der Waals surface area contributed by atoms with E-state index in [1.807, 2.05) is 0 Å². The predicted octanol–water partition coefficient (Wildman–Crippen LogP) is 4.64. The van der Waals surface area contributed by atoms with Gasteiger partial charge in [0.2, 0.25) is 5.89 Å². The van der Waals surface area contributed by atoms with E-state index in [9.17, 15) is 18.0 Å². The summed E-state index contributed by atoms with van der Waals surface area (Å²) < 4.78 is 43.5. The first-order valence-electron chi connectivity index (χ1n) is 8.42. The first kappa shape index (κ1) is 19.4. The molecule has 0 saturated heterocycles. The number of carbonyl (C=O) groups excluding carboxylic acids is 1. The minimum absolute atomic E-state index is 0.0866. The lowest BCUT2D eigenvalue weighted by Crippen LogP contribution is -2.30. The molecule has 0 fully saturated rings. The zero-order valence-corrected chi connectivity index (χ0v) is 15.0. The number of alkyl halides is 3. The van der Waals surface area contributed by atoms with Crippen LogP contribution in [-0.4, -0.2) is 22.1 Å². The Morgan fingerprint density at radius 1 is 1.04 bits per heavy atom. The van der Waals surface area contributed by atoms with Gasteiger partial charge in [0.05, 0.1) is 16.8 Å². The topological polar surface area (TPSA) is 80.0 Å². The second kappa shape index (κ2) is 7.71. The van der Waals surface area contributed by atoms with Crippen LogP contribution >= 0.6 is 0 Å². The highest BCUT2D eigenvalue weighted by Gasteiger charge is 2.30. The fourth-order valence-corrected chi connectivity index (χ4v) is 2.42. The second-order valence-corrected chi connectivity index (χ2v) is 6.29. The van der Waals surface area contributed by atoms with Crippen molar-refractivity contribution in [3.63, 3.8) is 0 Å². The number of rotatable bonds is 5. The monoisotopic (exact) mass is 390 g/mol.